The predicted molar refractivity (Wildman–Crippen MR) is 74.2 cm³/mol. The van der Waals surface area contributed by atoms with Crippen LogP contribution in [0.5, 0.6) is 5.75 Å². The SMILES string of the molecule is COc1ccc([C@@H]2C[C@H]2C(=O)N(C)CC2CC2)cc1. The van der Waals surface area contributed by atoms with Gasteiger partial charge in [0.1, 0.15) is 5.75 Å². The Morgan fingerprint density at radius 1 is 1.32 bits per heavy atom. The maximum Gasteiger partial charge on any atom is 0.226 e. The second-order valence-corrected chi connectivity index (χ2v) is 5.88. The van der Waals surface area contributed by atoms with Gasteiger partial charge in [-0.2, -0.15) is 0 Å². The van der Waals surface area contributed by atoms with Gasteiger partial charge in [-0.25, -0.2) is 0 Å². The second kappa shape index (κ2) is 4.87. The quantitative estimate of drug-likeness (QED) is 0.813. The first-order valence-corrected chi connectivity index (χ1v) is 7.08. The molecule has 2 saturated carbocycles. The van der Waals surface area contributed by atoms with Crippen LogP contribution < -0.4 is 4.74 Å². The topological polar surface area (TPSA) is 29.5 Å². The summed E-state index contributed by atoms with van der Waals surface area (Å²) in [6.45, 7) is 0.949. The molecule has 19 heavy (non-hydrogen) atoms. The van der Waals surface area contributed by atoms with Crippen LogP contribution >= 0.6 is 0 Å². The minimum Gasteiger partial charge on any atom is -0.497 e. The molecule has 0 aromatic heterocycles. The molecule has 0 bridgehead atoms. The van der Waals surface area contributed by atoms with Gasteiger partial charge < -0.3 is 9.64 Å². The standard InChI is InChI=1S/C16H21NO2/c1-17(10-11-3-4-11)16(18)15-9-14(15)12-5-7-13(19-2)8-6-12/h5-8,11,14-15H,3-4,9-10H2,1-2H3/t14-,15+/m0/s1. The van der Waals surface area contributed by atoms with Crippen molar-refractivity contribution in [3.05, 3.63) is 29.8 Å². The third kappa shape index (κ3) is 2.75. The van der Waals surface area contributed by atoms with Crippen molar-refractivity contribution in [2.45, 2.75) is 25.2 Å². The molecule has 0 aliphatic heterocycles. The number of nitrogens with zero attached hydrogens (tertiary/aromatic N) is 1. The molecule has 1 aromatic carbocycles. The normalized spacial score (nSPS) is 24.9. The Labute approximate surface area is 114 Å². The Hall–Kier alpha value is -1.51. The van der Waals surface area contributed by atoms with Crippen LogP contribution in [0.15, 0.2) is 24.3 Å². The first-order chi connectivity index (χ1) is 9.19. The molecule has 3 heteroatoms. The molecule has 2 fully saturated rings. The Kier molecular flexibility index (Phi) is 3.21. The zero-order valence-corrected chi connectivity index (χ0v) is 11.6. The van der Waals surface area contributed by atoms with Crippen molar-refractivity contribution >= 4 is 5.91 Å². The molecule has 0 unspecified atom stereocenters. The van der Waals surface area contributed by atoms with Crippen LogP contribution in [-0.2, 0) is 4.79 Å². The molecule has 0 radical (unpaired) electrons. The van der Waals surface area contributed by atoms with Crippen LogP contribution in [-0.4, -0.2) is 31.5 Å². The number of methoxy groups -OCH3 is 1. The maximum atomic E-state index is 12.3. The zero-order chi connectivity index (χ0) is 13.4. The molecular weight excluding hydrogens is 238 g/mol. The van der Waals surface area contributed by atoms with Crippen molar-refractivity contribution in [3.63, 3.8) is 0 Å². The van der Waals surface area contributed by atoms with E-state index in [9.17, 15) is 4.79 Å². The second-order valence-electron chi connectivity index (χ2n) is 5.88. The Bertz CT molecular complexity index is 464. The summed E-state index contributed by atoms with van der Waals surface area (Å²) in [5.41, 5.74) is 1.26. The van der Waals surface area contributed by atoms with Crippen LogP contribution in [0.4, 0.5) is 0 Å². The molecule has 2 aliphatic carbocycles. The minimum atomic E-state index is 0.206. The molecular formula is C16H21NO2. The van der Waals surface area contributed by atoms with Gasteiger partial charge in [0.05, 0.1) is 7.11 Å². The molecule has 0 heterocycles. The van der Waals surface area contributed by atoms with Crippen molar-refractivity contribution in [2.75, 3.05) is 20.7 Å². The first kappa shape index (κ1) is 12.5. The number of ether oxygens (including phenoxy) is 1. The monoisotopic (exact) mass is 259 g/mol. The van der Waals surface area contributed by atoms with Gasteiger partial charge >= 0.3 is 0 Å². The van der Waals surface area contributed by atoms with E-state index in [1.165, 1.54) is 18.4 Å². The van der Waals surface area contributed by atoms with E-state index in [0.717, 1.165) is 24.6 Å². The lowest BCUT2D eigenvalue weighted by Gasteiger charge is -2.16. The number of hydrogen-bond acceptors (Lipinski definition) is 2. The molecule has 3 rings (SSSR count). The average molecular weight is 259 g/mol. The first-order valence-electron chi connectivity index (χ1n) is 7.08. The van der Waals surface area contributed by atoms with Gasteiger partial charge in [0.2, 0.25) is 5.91 Å². The molecule has 0 saturated heterocycles. The van der Waals surface area contributed by atoms with Gasteiger partial charge in [-0.3, -0.25) is 4.79 Å². The average Bonchev–Trinajstić information content (AvgIpc) is 3.32. The number of benzene rings is 1. The summed E-state index contributed by atoms with van der Waals surface area (Å²) in [5.74, 6) is 2.59. The smallest absolute Gasteiger partial charge is 0.226 e. The van der Waals surface area contributed by atoms with Crippen molar-refractivity contribution in [1.29, 1.82) is 0 Å². The lowest BCUT2D eigenvalue weighted by Crippen LogP contribution is -2.30. The van der Waals surface area contributed by atoms with E-state index < -0.39 is 0 Å². The summed E-state index contributed by atoms with van der Waals surface area (Å²) >= 11 is 0. The number of carbonyl (C=O) groups excluding carboxylic acids is 1. The van der Waals surface area contributed by atoms with E-state index >= 15 is 0 Å². The van der Waals surface area contributed by atoms with Gasteiger partial charge in [-0.05, 0) is 48.8 Å². The molecule has 1 amide bonds. The van der Waals surface area contributed by atoms with E-state index in [2.05, 4.69) is 12.1 Å². The van der Waals surface area contributed by atoms with Crippen molar-refractivity contribution < 1.29 is 9.53 Å². The Balaban J connectivity index is 1.58. The maximum absolute atomic E-state index is 12.3. The van der Waals surface area contributed by atoms with Crippen molar-refractivity contribution in [1.82, 2.24) is 4.90 Å². The Morgan fingerprint density at radius 2 is 2.00 bits per heavy atom. The fraction of sp³-hybridized carbons (Fsp3) is 0.562. The molecule has 2 atom stereocenters. The molecule has 2 aliphatic rings. The highest BCUT2D eigenvalue weighted by Crippen LogP contribution is 2.48. The van der Waals surface area contributed by atoms with E-state index in [1.54, 1.807) is 7.11 Å². The lowest BCUT2D eigenvalue weighted by atomic mass is 10.1. The summed E-state index contributed by atoms with van der Waals surface area (Å²) in [4.78, 5) is 14.2. The van der Waals surface area contributed by atoms with Crippen LogP contribution in [0, 0.1) is 11.8 Å². The highest BCUT2D eigenvalue weighted by molar-refractivity contribution is 5.82. The van der Waals surface area contributed by atoms with Crippen molar-refractivity contribution in [3.8, 4) is 5.75 Å². The molecule has 1 aromatic rings. The summed E-state index contributed by atoms with van der Waals surface area (Å²) in [6, 6.07) is 8.11. The number of carbonyl (C=O) groups is 1. The highest BCUT2D eigenvalue weighted by Gasteiger charge is 2.45. The molecule has 102 valence electrons. The van der Waals surface area contributed by atoms with Crippen LogP contribution in [0.3, 0.4) is 0 Å². The number of hydrogen-bond donors (Lipinski definition) is 0. The molecule has 0 N–H and O–H groups in total. The van der Waals surface area contributed by atoms with Gasteiger partial charge in [-0.15, -0.1) is 0 Å². The third-order valence-corrected chi connectivity index (χ3v) is 4.26. The van der Waals surface area contributed by atoms with Gasteiger partial charge in [-0.1, -0.05) is 12.1 Å². The largest absolute Gasteiger partial charge is 0.497 e. The summed E-state index contributed by atoms with van der Waals surface area (Å²) in [7, 11) is 3.62. The number of amides is 1. The fourth-order valence-electron chi connectivity index (χ4n) is 2.75. The summed E-state index contributed by atoms with van der Waals surface area (Å²) < 4.78 is 5.16. The van der Waals surface area contributed by atoms with E-state index in [-0.39, 0.29) is 5.92 Å². The summed E-state index contributed by atoms with van der Waals surface area (Å²) in [6.07, 6.45) is 3.59. The predicted octanol–water partition coefficient (Wildman–Crippen LogP) is 2.67. The van der Waals surface area contributed by atoms with Crippen LogP contribution in [0.1, 0.15) is 30.7 Å². The van der Waals surface area contributed by atoms with Crippen molar-refractivity contribution in [2.24, 2.45) is 11.8 Å². The summed E-state index contributed by atoms with van der Waals surface area (Å²) in [5, 5.41) is 0. The zero-order valence-electron chi connectivity index (χ0n) is 11.6. The highest BCUT2D eigenvalue weighted by atomic mass is 16.5. The van der Waals surface area contributed by atoms with Gasteiger partial charge in [0, 0.05) is 19.5 Å². The van der Waals surface area contributed by atoms with Gasteiger partial charge in [0.15, 0.2) is 0 Å². The molecule has 3 nitrogen and oxygen atoms in total. The lowest BCUT2D eigenvalue weighted by molar-refractivity contribution is -0.131. The van der Waals surface area contributed by atoms with Gasteiger partial charge in [0.25, 0.3) is 0 Å². The number of rotatable bonds is 5. The van der Waals surface area contributed by atoms with E-state index in [4.69, 9.17) is 4.74 Å². The Morgan fingerprint density at radius 3 is 2.58 bits per heavy atom. The third-order valence-electron chi connectivity index (χ3n) is 4.26. The molecule has 0 spiro atoms. The van der Waals surface area contributed by atoms with E-state index in [0.29, 0.717) is 11.8 Å². The fourth-order valence-corrected chi connectivity index (χ4v) is 2.75. The minimum absolute atomic E-state index is 0.206. The van der Waals surface area contributed by atoms with Crippen LogP contribution in [0.25, 0.3) is 0 Å². The van der Waals surface area contributed by atoms with E-state index in [1.807, 2.05) is 24.1 Å². The van der Waals surface area contributed by atoms with Crippen LogP contribution in [0.2, 0.25) is 0 Å².